The Hall–Kier alpha value is -1.96. The molecule has 0 aromatic heterocycles. The number of benzene rings is 2. The topological polar surface area (TPSA) is 52.0 Å². The molecule has 0 saturated heterocycles. The minimum Gasteiger partial charge on any atom is -0.399 e. The third-order valence-corrected chi connectivity index (χ3v) is 5.69. The number of hydrogen-bond acceptors (Lipinski definition) is 2. The first-order chi connectivity index (χ1) is 13.7. The SMILES string of the molecule is CCCCCCCCCCCCCCc1cc(-c2ccc(N)cc2)ccc1N. The van der Waals surface area contributed by atoms with Crippen LogP contribution in [0.15, 0.2) is 42.5 Å². The Morgan fingerprint density at radius 3 is 1.64 bits per heavy atom. The average molecular weight is 381 g/mol. The van der Waals surface area contributed by atoms with Crippen LogP contribution < -0.4 is 11.5 Å². The second-order valence-corrected chi connectivity index (χ2v) is 8.17. The summed E-state index contributed by atoms with van der Waals surface area (Å²) in [7, 11) is 0. The molecule has 0 aliphatic rings. The molecule has 0 bridgehead atoms. The van der Waals surface area contributed by atoms with Crippen molar-refractivity contribution in [3.8, 4) is 11.1 Å². The zero-order valence-corrected chi connectivity index (χ0v) is 17.9. The van der Waals surface area contributed by atoms with Gasteiger partial charge in [-0.2, -0.15) is 0 Å². The zero-order valence-electron chi connectivity index (χ0n) is 17.9. The number of aryl methyl sites for hydroxylation is 1. The fourth-order valence-electron chi connectivity index (χ4n) is 3.83. The predicted molar refractivity (Wildman–Crippen MR) is 125 cm³/mol. The van der Waals surface area contributed by atoms with Crippen molar-refractivity contribution >= 4 is 11.4 Å². The molecule has 2 aromatic rings. The van der Waals surface area contributed by atoms with E-state index in [9.17, 15) is 0 Å². The highest BCUT2D eigenvalue weighted by Crippen LogP contribution is 2.26. The smallest absolute Gasteiger partial charge is 0.0346 e. The molecule has 0 amide bonds. The van der Waals surface area contributed by atoms with Crippen LogP contribution in [0.5, 0.6) is 0 Å². The summed E-state index contributed by atoms with van der Waals surface area (Å²) in [6.45, 7) is 2.28. The first-order valence-corrected chi connectivity index (χ1v) is 11.4. The third kappa shape index (κ3) is 8.37. The Labute approximate surface area is 172 Å². The monoisotopic (exact) mass is 380 g/mol. The van der Waals surface area contributed by atoms with Crippen LogP contribution in [-0.2, 0) is 6.42 Å². The molecule has 0 saturated carbocycles. The lowest BCUT2D eigenvalue weighted by atomic mass is 9.98. The normalized spacial score (nSPS) is 11.0. The molecule has 0 fully saturated rings. The molecule has 0 heterocycles. The van der Waals surface area contributed by atoms with Gasteiger partial charge in [0.1, 0.15) is 0 Å². The van der Waals surface area contributed by atoms with E-state index in [-0.39, 0.29) is 0 Å². The van der Waals surface area contributed by atoms with Gasteiger partial charge in [0.2, 0.25) is 0 Å². The van der Waals surface area contributed by atoms with Crippen LogP contribution in [-0.4, -0.2) is 0 Å². The minimum absolute atomic E-state index is 0.802. The van der Waals surface area contributed by atoms with Crippen molar-refractivity contribution in [3.05, 3.63) is 48.0 Å². The number of hydrogen-bond donors (Lipinski definition) is 2. The summed E-state index contributed by atoms with van der Waals surface area (Å²) in [4.78, 5) is 0. The Morgan fingerprint density at radius 2 is 1.07 bits per heavy atom. The van der Waals surface area contributed by atoms with E-state index in [4.69, 9.17) is 11.5 Å². The van der Waals surface area contributed by atoms with Crippen LogP contribution in [0.2, 0.25) is 0 Å². The summed E-state index contributed by atoms with van der Waals surface area (Å²) in [5.41, 5.74) is 17.4. The maximum atomic E-state index is 6.21. The summed E-state index contributed by atoms with van der Waals surface area (Å²) < 4.78 is 0. The lowest BCUT2D eigenvalue weighted by molar-refractivity contribution is 0.544. The molecule has 0 aliphatic heterocycles. The summed E-state index contributed by atoms with van der Waals surface area (Å²) in [5.74, 6) is 0. The molecule has 0 radical (unpaired) electrons. The second kappa shape index (κ2) is 13.3. The van der Waals surface area contributed by atoms with Crippen LogP contribution in [0.4, 0.5) is 11.4 Å². The predicted octanol–water partition coefficient (Wildman–Crippen LogP) is 7.76. The minimum atomic E-state index is 0.802. The first kappa shape index (κ1) is 22.3. The summed E-state index contributed by atoms with van der Waals surface area (Å²) in [6.07, 6.45) is 17.7. The van der Waals surface area contributed by atoms with E-state index in [1.54, 1.807) is 0 Å². The third-order valence-electron chi connectivity index (χ3n) is 5.69. The molecule has 2 rings (SSSR count). The molecule has 2 aromatic carbocycles. The van der Waals surface area contributed by atoms with E-state index in [1.807, 2.05) is 18.2 Å². The van der Waals surface area contributed by atoms with Crippen LogP contribution in [0, 0.1) is 0 Å². The molecular formula is C26H40N2. The maximum absolute atomic E-state index is 6.21. The highest BCUT2D eigenvalue weighted by molar-refractivity contribution is 5.69. The van der Waals surface area contributed by atoms with Gasteiger partial charge in [-0.15, -0.1) is 0 Å². The van der Waals surface area contributed by atoms with Gasteiger partial charge in [0, 0.05) is 11.4 Å². The largest absolute Gasteiger partial charge is 0.399 e. The van der Waals surface area contributed by atoms with Crippen molar-refractivity contribution in [1.82, 2.24) is 0 Å². The standard InChI is InChI=1S/C26H40N2/c1-2-3-4-5-6-7-8-9-10-11-12-13-14-24-21-23(17-20-26(24)28)22-15-18-25(27)19-16-22/h15-21H,2-14,27-28H2,1H3. The Bertz CT molecular complexity index is 661. The Morgan fingerprint density at radius 1 is 0.571 bits per heavy atom. The molecule has 154 valence electrons. The molecule has 2 nitrogen and oxygen atoms in total. The molecule has 2 heteroatoms. The van der Waals surface area contributed by atoms with Gasteiger partial charge in [-0.05, 0) is 53.8 Å². The van der Waals surface area contributed by atoms with Crippen molar-refractivity contribution < 1.29 is 0 Å². The molecule has 28 heavy (non-hydrogen) atoms. The van der Waals surface area contributed by atoms with Crippen LogP contribution in [0.25, 0.3) is 11.1 Å². The highest BCUT2D eigenvalue weighted by atomic mass is 14.6. The molecule has 0 spiro atoms. The molecule has 0 unspecified atom stereocenters. The van der Waals surface area contributed by atoms with Gasteiger partial charge in [-0.25, -0.2) is 0 Å². The number of rotatable bonds is 14. The van der Waals surface area contributed by atoms with E-state index >= 15 is 0 Å². The van der Waals surface area contributed by atoms with Gasteiger partial charge in [0.25, 0.3) is 0 Å². The Kier molecular flexibility index (Phi) is 10.6. The fraction of sp³-hybridized carbons (Fsp3) is 0.538. The van der Waals surface area contributed by atoms with Gasteiger partial charge in [0.15, 0.2) is 0 Å². The van der Waals surface area contributed by atoms with Crippen molar-refractivity contribution in [2.45, 2.75) is 90.4 Å². The van der Waals surface area contributed by atoms with Crippen molar-refractivity contribution in [2.24, 2.45) is 0 Å². The van der Waals surface area contributed by atoms with Crippen LogP contribution >= 0.6 is 0 Å². The number of unbranched alkanes of at least 4 members (excludes halogenated alkanes) is 11. The van der Waals surface area contributed by atoms with E-state index in [2.05, 4.69) is 31.2 Å². The first-order valence-electron chi connectivity index (χ1n) is 11.4. The number of anilines is 2. The van der Waals surface area contributed by atoms with Crippen LogP contribution in [0.3, 0.4) is 0 Å². The average Bonchev–Trinajstić information content (AvgIpc) is 2.71. The number of nitrogen functional groups attached to an aromatic ring is 2. The molecular weight excluding hydrogens is 340 g/mol. The molecule has 0 aliphatic carbocycles. The summed E-state index contributed by atoms with van der Waals surface area (Å²) in [6, 6.07) is 14.5. The number of nitrogens with two attached hydrogens (primary N) is 2. The summed E-state index contributed by atoms with van der Waals surface area (Å²) in [5, 5.41) is 0. The van der Waals surface area contributed by atoms with Gasteiger partial charge < -0.3 is 11.5 Å². The fourth-order valence-corrected chi connectivity index (χ4v) is 3.83. The quantitative estimate of drug-likeness (QED) is 0.260. The second-order valence-electron chi connectivity index (χ2n) is 8.17. The lowest BCUT2D eigenvalue weighted by Gasteiger charge is -2.10. The zero-order chi connectivity index (χ0) is 20.0. The Balaban J connectivity index is 1.61. The maximum Gasteiger partial charge on any atom is 0.0346 e. The van der Waals surface area contributed by atoms with E-state index < -0.39 is 0 Å². The van der Waals surface area contributed by atoms with Crippen molar-refractivity contribution in [3.63, 3.8) is 0 Å². The molecule has 4 N–H and O–H groups in total. The lowest BCUT2D eigenvalue weighted by Crippen LogP contribution is -1.96. The van der Waals surface area contributed by atoms with E-state index in [1.165, 1.54) is 93.7 Å². The van der Waals surface area contributed by atoms with Gasteiger partial charge in [0.05, 0.1) is 0 Å². The van der Waals surface area contributed by atoms with Crippen molar-refractivity contribution in [2.75, 3.05) is 11.5 Å². The highest BCUT2D eigenvalue weighted by Gasteiger charge is 2.04. The van der Waals surface area contributed by atoms with Crippen molar-refractivity contribution in [1.29, 1.82) is 0 Å². The van der Waals surface area contributed by atoms with Gasteiger partial charge in [-0.3, -0.25) is 0 Å². The van der Waals surface area contributed by atoms with E-state index in [0.29, 0.717) is 0 Å². The van der Waals surface area contributed by atoms with Gasteiger partial charge >= 0.3 is 0 Å². The summed E-state index contributed by atoms with van der Waals surface area (Å²) >= 11 is 0. The molecule has 0 atom stereocenters. The van der Waals surface area contributed by atoms with Gasteiger partial charge in [-0.1, -0.05) is 95.8 Å². The van der Waals surface area contributed by atoms with E-state index in [0.717, 1.165) is 17.8 Å². The van der Waals surface area contributed by atoms with Crippen LogP contribution in [0.1, 0.15) is 89.5 Å².